The number of aryl methyl sites for hydroxylation is 1. The second-order valence-corrected chi connectivity index (χ2v) is 3.77. The van der Waals surface area contributed by atoms with Gasteiger partial charge in [-0.2, -0.15) is 0 Å². The van der Waals surface area contributed by atoms with Gasteiger partial charge in [0.25, 0.3) is 0 Å². The van der Waals surface area contributed by atoms with Crippen LogP contribution < -0.4 is 0 Å². The van der Waals surface area contributed by atoms with Gasteiger partial charge in [-0.3, -0.25) is 0 Å². The van der Waals surface area contributed by atoms with Gasteiger partial charge in [-0.05, 0) is 28.1 Å². The Morgan fingerprint density at radius 2 is 2.29 bits per heavy atom. The van der Waals surface area contributed by atoms with Gasteiger partial charge in [0, 0.05) is 13.2 Å². The molecule has 0 aliphatic carbocycles. The molecule has 0 aliphatic rings. The molecule has 1 N–H and O–H groups in total. The number of halogens is 1. The quantitative estimate of drug-likeness (QED) is 0.793. The van der Waals surface area contributed by atoms with Crippen LogP contribution in [-0.2, 0) is 7.05 Å². The summed E-state index contributed by atoms with van der Waals surface area (Å²) in [5, 5.41) is 8.92. The van der Waals surface area contributed by atoms with Gasteiger partial charge in [0.15, 0.2) is 0 Å². The lowest BCUT2D eigenvalue weighted by Crippen LogP contribution is -1.95. The first kappa shape index (κ1) is 9.21. The fourth-order valence-electron chi connectivity index (χ4n) is 1.39. The Labute approximate surface area is 88.3 Å². The number of hydrogen-bond donors (Lipinski definition) is 1. The molecule has 0 fully saturated rings. The molecule has 2 heterocycles. The predicted molar refractivity (Wildman–Crippen MR) is 55.4 cm³/mol. The summed E-state index contributed by atoms with van der Waals surface area (Å²) >= 11 is 3.21. The lowest BCUT2D eigenvalue weighted by molar-refractivity contribution is 0.0698. The predicted octanol–water partition coefficient (Wildman–Crippen LogP) is 2.03. The van der Waals surface area contributed by atoms with Crippen molar-refractivity contribution in [1.29, 1.82) is 0 Å². The van der Waals surface area contributed by atoms with Crippen molar-refractivity contribution in [2.45, 2.75) is 0 Å². The number of carboxylic acids is 1. The van der Waals surface area contributed by atoms with Crippen LogP contribution >= 0.6 is 15.9 Å². The Morgan fingerprint density at radius 1 is 1.57 bits per heavy atom. The molecule has 14 heavy (non-hydrogen) atoms. The summed E-state index contributed by atoms with van der Waals surface area (Å²) in [4.78, 5) is 15.0. The molecule has 0 aliphatic heterocycles. The maximum Gasteiger partial charge on any atom is 0.339 e. The van der Waals surface area contributed by atoms with Crippen LogP contribution in [0.3, 0.4) is 0 Å². The summed E-state index contributed by atoms with van der Waals surface area (Å²) in [7, 11) is 1.80. The molecule has 0 radical (unpaired) electrons. The number of aromatic carboxylic acids is 1. The van der Waals surface area contributed by atoms with Gasteiger partial charge in [-0.15, -0.1) is 0 Å². The molecule has 2 aromatic heterocycles. The molecule has 0 spiro atoms. The smallest absolute Gasteiger partial charge is 0.339 e. The number of fused-ring (bicyclic) bond motifs is 1. The van der Waals surface area contributed by atoms with Crippen LogP contribution in [0.2, 0.25) is 0 Å². The molecule has 0 bridgehead atoms. The summed E-state index contributed by atoms with van der Waals surface area (Å²) in [6.07, 6.45) is 1.56. The van der Waals surface area contributed by atoms with Crippen molar-refractivity contribution >= 4 is 32.9 Å². The van der Waals surface area contributed by atoms with E-state index in [1.165, 1.54) is 0 Å². The third-order valence-corrected chi connectivity index (χ3v) is 2.47. The molecule has 0 saturated heterocycles. The Morgan fingerprint density at radius 3 is 2.93 bits per heavy atom. The summed E-state index contributed by atoms with van der Waals surface area (Å²) in [5.74, 6) is -0.957. The Bertz CT molecular complexity index is 519. The number of hydrogen-bond acceptors (Lipinski definition) is 2. The average Bonchev–Trinajstić information content (AvgIpc) is 2.43. The topological polar surface area (TPSA) is 55.1 Å². The third-order valence-electron chi connectivity index (χ3n) is 2.03. The Balaban J connectivity index is 2.85. The van der Waals surface area contributed by atoms with Crippen LogP contribution in [0.25, 0.3) is 11.0 Å². The highest BCUT2D eigenvalue weighted by atomic mass is 79.9. The van der Waals surface area contributed by atoms with E-state index in [-0.39, 0.29) is 5.56 Å². The van der Waals surface area contributed by atoms with Crippen LogP contribution in [0.15, 0.2) is 22.9 Å². The molecule has 0 unspecified atom stereocenters. The van der Waals surface area contributed by atoms with E-state index in [2.05, 4.69) is 20.9 Å². The van der Waals surface area contributed by atoms with E-state index in [1.54, 1.807) is 23.9 Å². The molecular weight excluding hydrogens is 248 g/mol. The van der Waals surface area contributed by atoms with E-state index in [4.69, 9.17) is 5.11 Å². The van der Waals surface area contributed by atoms with Crippen molar-refractivity contribution in [2.24, 2.45) is 7.05 Å². The molecule has 0 saturated carbocycles. The second kappa shape index (κ2) is 3.09. The van der Waals surface area contributed by atoms with Crippen LogP contribution in [0, 0.1) is 0 Å². The van der Waals surface area contributed by atoms with Gasteiger partial charge < -0.3 is 9.67 Å². The molecule has 2 rings (SSSR count). The summed E-state index contributed by atoms with van der Waals surface area (Å²) in [6.45, 7) is 0. The lowest BCUT2D eigenvalue weighted by atomic mass is 10.3. The van der Waals surface area contributed by atoms with Crippen LogP contribution in [0.5, 0.6) is 0 Å². The fourth-order valence-corrected chi connectivity index (χ4v) is 1.70. The molecule has 4 nitrogen and oxygen atoms in total. The number of carbonyl (C=O) groups is 1. The van der Waals surface area contributed by atoms with E-state index in [0.29, 0.717) is 10.1 Å². The normalized spacial score (nSPS) is 10.7. The summed E-state index contributed by atoms with van der Waals surface area (Å²) in [5.41, 5.74) is 1.55. The fraction of sp³-hybridized carbons (Fsp3) is 0.111. The molecule has 0 amide bonds. The third kappa shape index (κ3) is 1.29. The van der Waals surface area contributed by atoms with Gasteiger partial charge in [-0.25, -0.2) is 9.78 Å². The first-order valence-corrected chi connectivity index (χ1v) is 4.74. The molecular formula is C9H7BrN2O2. The van der Waals surface area contributed by atoms with E-state index in [0.717, 1.165) is 5.52 Å². The van der Waals surface area contributed by atoms with Crippen molar-refractivity contribution < 1.29 is 9.90 Å². The molecule has 72 valence electrons. The highest BCUT2D eigenvalue weighted by molar-refractivity contribution is 9.10. The number of pyridine rings is 1. The van der Waals surface area contributed by atoms with Gasteiger partial charge >= 0.3 is 5.97 Å². The van der Waals surface area contributed by atoms with Crippen LogP contribution in [-0.4, -0.2) is 20.6 Å². The zero-order valence-electron chi connectivity index (χ0n) is 7.36. The van der Waals surface area contributed by atoms with Crippen LogP contribution in [0.1, 0.15) is 10.4 Å². The monoisotopic (exact) mass is 254 g/mol. The van der Waals surface area contributed by atoms with Crippen molar-refractivity contribution in [3.8, 4) is 0 Å². The largest absolute Gasteiger partial charge is 0.478 e. The maximum absolute atomic E-state index is 10.9. The maximum atomic E-state index is 10.9. The Hall–Kier alpha value is -1.36. The first-order chi connectivity index (χ1) is 6.59. The van der Waals surface area contributed by atoms with Crippen LogP contribution in [0.4, 0.5) is 0 Å². The summed E-state index contributed by atoms with van der Waals surface area (Å²) in [6, 6.07) is 3.62. The van der Waals surface area contributed by atoms with Gasteiger partial charge in [0.2, 0.25) is 0 Å². The van der Waals surface area contributed by atoms with Gasteiger partial charge in [-0.1, -0.05) is 0 Å². The van der Waals surface area contributed by atoms with E-state index in [1.807, 2.05) is 6.07 Å². The average molecular weight is 255 g/mol. The zero-order chi connectivity index (χ0) is 10.3. The minimum absolute atomic E-state index is 0.226. The van der Waals surface area contributed by atoms with E-state index in [9.17, 15) is 4.79 Å². The Kier molecular flexibility index (Phi) is 2.03. The lowest BCUT2D eigenvalue weighted by Gasteiger charge is -1.94. The van der Waals surface area contributed by atoms with Crippen molar-refractivity contribution in [1.82, 2.24) is 9.55 Å². The molecule has 2 aromatic rings. The number of nitrogens with zero attached hydrogens (tertiary/aromatic N) is 2. The molecule has 5 heteroatoms. The minimum atomic E-state index is -0.957. The summed E-state index contributed by atoms with van der Waals surface area (Å²) < 4.78 is 2.39. The minimum Gasteiger partial charge on any atom is -0.478 e. The SMILES string of the molecule is Cn1cc(C(=O)O)c2nc(Br)ccc21. The van der Waals surface area contributed by atoms with Gasteiger partial charge in [0.05, 0.1) is 5.52 Å². The van der Waals surface area contributed by atoms with E-state index < -0.39 is 5.97 Å². The zero-order valence-corrected chi connectivity index (χ0v) is 8.95. The first-order valence-electron chi connectivity index (χ1n) is 3.94. The van der Waals surface area contributed by atoms with Crippen molar-refractivity contribution in [3.63, 3.8) is 0 Å². The second-order valence-electron chi connectivity index (χ2n) is 2.96. The highest BCUT2D eigenvalue weighted by Crippen LogP contribution is 2.20. The van der Waals surface area contributed by atoms with E-state index >= 15 is 0 Å². The van der Waals surface area contributed by atoms with Gasteiger partial charge in [0.1, 0.15) is 15.7 Å². The van der Waals surface area contributed by atoms with Crippen molar-refractivity contribution in [3.05, 3.63) is 28.5 Å². The molecule has 0 atom stereocenters. The number of carboxylic acid groups (broad SMARTS) is 1. The standard InChI is InChI=1S/C9H7BrN2O2/c1-12-4-5(9(13)14)8-6(12)2-3-7(10)11-8/h2-4H,1H3,(H,13,14). The number of rotatable bonds is 1. The van der Waals surface area contributed by atoms with Crippen molar-refractivity contribution in [2.75, 3.05) is 0 Å². The highest BCUT2D eigenvalue weighted by Gasteiger charge is 2.13. The molecule has 0 aromatic carbocycles. The number of aromatic nitrogens is 2.